The van der Waals surface area contributed by atoms with Crippen LogP contribution in [0.1, 0.15) is 42.0 Å². The van der Waals surface area contributed by atoms with Crippen molar-refractivity contribution in [3.05, 3.63) is 46.5 Å². The van der Waals surface area contributed by atoms with E-state index in [1.807, 2.05) is 19.1 Å². The standard InChI is InChI=1S/C26H34N6O3S2/c1-5-22-23(16-27)25(32-13-10-20(11-14-32)29-12-15-35-3)30-26(24(22)17-28)36-18-19-6-8-21(9-7-19)31(2)37(4,33)34/h6-9,20,29H,5,10-15,18H2,1-4H3. The molecule has 0 amide bonds. The maximum Gasteiger partial charge on any atom is 0.231 e. The van der Waals surface area contributed by atoms with Gasteiger partial charge in [-0.25, -0.2) is 13.4 Å². The van der Waals surface area contributed by atoms with E-state index in [0.717, 1.165) is 43.6 Å². The van der Waals surface area contributed by atoms with Crippen LogP contribution in [0.25, 0.3) is 0 Å². The van der Waals surface area contributed by atoms with Gasteiger partial charge in [-0.1, -0.05) is 19.1 Å². The van der Waals surface area contributed by atoms with Crippen molar-refractivity contribution < 1.29 is 13.2 Å². The number of methoxy groups -OCH3 is 1. The Morgan fingerprint density at radius 2 is 1.84 bits per heavy atom. The Labute approximate surface area is 224 Å². The maximum absolute atomic E-state index is 11.8. The quantitative estimate of drug-likeness (QED) is 0.337. The second kappa shape index (κ2) is 13.1. The van der Waals surface area contributed by atoms with Crippen molar-refractivity contribution in [1.82, 2.24) is 10.3 Å². The number of nitrogens with one attached hydrogen (secondary N) is 1. The summed E-state index contributed by atoms with van der Waals surface area (Å²) in [7, 11) is -0.120. The van der Waals surface area contributed by atoms with Crippen molar-refractivity contribution in [2.45, 2.75) is 43.0 Å². The second-order valence-corrected chi connectivity index (χ2v) is 11.9. The highest BCUT2D eigenvalue weighted by molar-refractivity contribution is 7.98. The molecule has 11 heteroatoms. The summed E-state index contributed by atoms with van der Waals surface area (Å²) in [6.45, 7) is 5.00. The molecule has 1 aliphatic rings. The van der Waals surface area contributed by atoms with Crippen LogP contribution in [0, 0.1) is 22.7 Å². The first kappa shape index (κ1) is 28.7. The first-order chi connectivity index (χ1) is 17.7. The normalized spacial score (nSPS) is 14.3. The van der Waals surface area contributed by atoms with E-state index < -0.39 is 10.0 Å². The fourth-order valence-corrected chi connectivity index (χ4v) is 5.79. The third-order valence-corrected chi connectivity index (χ3v) is 8.78. The van der Waals surface area contributed by atoms with Crippen LogP contribution in [-0.2, 0) is 26.9 Å². The summed E-state index contributed by atoms with van der Waals surface area (Å²) < 4.78 is 30.0. The molecule has 1 aliphatic heterocycles. The highest BCUT2D eigenvalue weighted by Gasteiger charge is 2.26. The number of aromatic nitrogens is 1. The van der Waals surface area contributed by atoms with Crippen LogP contribution in [0.5, 0.6) is 0 Å². The third kappa shape index (κ3) is 7.14. The number of anilines is 2. The average molecular weight is 543 g/mol. The second-order valence-electron chi connectivity index (χ2n) is 8.94. The summed E-state index contributed by atoms with van der Waals surface area (Å²) in [5.74, 6) is 1.21. The number of hydrogen-bond donors (Lipinski definition) is 1. The molecule has 9 nitrogen and oxygen atoms in total. The fourth-order valence-electron chi connectivity index (χ4n) is 4.32. The Morgan fingerprint density at radius 3 is 2.38 bits per heavy atom. The van der Waals surface area contributed by atoms with Gasteiger partial charge >= 0.3 is 0 Å². The van der Waals surface area contributed by atoms with Crippen LogP contribution >= 0.6 is 11.8 Å². The van der Waals surface area contributed by atoms with Crippen molar-refractivity contribution in [1.29, 1.82) is 10.5 Å². The molecule has 3 rings (SSSR count). The number of pyridine rings is 1. The molecule has 0 atom stereocenters. The Kier molecular flexibility index (Phi) is 10.2. The van der Waals surface area contributed by atoms with E-state index in [-0.39, 0.29) is 0 Å². The zero-order valence-corrected chi connectivity index (χ0v) is 23.5. The van der Waals surface area contributed by atoms with E-state index in [2.05, 4.69) is 22.4 Å². The predicted molar refractivity (Wildman–Crippen MR) is 147 cm³/mol. The highest BCUT2D eigenvalue weighted by atomic mass is 32.2. The molecule has 0 unspecified atom stereocenters. The van der Waals surface area contributed by atoms with Crippen LogP contribution in [0.4, 0.5) is 11.5 Å². The number of hydrogen-bond acceptors (Lipinski definition) is 9. The van der Waals surface area contributed by atoms with E-state index in [4.69, 9.17) is 9.72 Å². The van der Waals surface area contributed by atoms with E-state index in [1.165, 1.54) is 29.4 Å². The number of thioether (sulfide) groups is 1. The number of ether oxygens (including phenoxy) is 1. The van der Waals surface area contributed by atoms with Gasteiger partial charge in [0, 0.05) is 45.6 Å². The van der Waals surface area contributed by atoms with E-state index >= 15 is 0 Å². The summed E-state index contributed by atoms with van der Waals surface area (Å²) in [6, 6.07) is 12.3. The SMILES string of the molecule is CCc1c(C#N)c(SCc2ccc(N(C)S(C)(=O)=O)cc2)nc(N2CCC(NCCOC)CC2)c1C#N. The zero-order chi connectivity index (χ0) is 27.0. The van der Waals surface area contributed by atoms with E-state index in [9.17, 15) is 18.9 Å². The topological polar surface area (TPSA) is 122 Å². The molecule has 1 fully saturated rings. The zero-order valence-electron chi connectivity index (χ0n) is 21.8. The minimum absolute atomic E-state index is 0.402. The molecule has 1 saturated heterocycles. The Hall–Kier alpha value is -2.83. The molecule has 0 bridgehead atoms. The van der Waals surface area contributed by atoms with Crippen molar-refractivity contribution in [2.75, 3.05) is 55.9 Å². The van der Waals surface area contributed by atoms with Crippen LogP contribution in [-0.4, -0.2) is 66.1 Å². The summed E-state index contributed by atoms with van der Waals surface area (Å²) in [4.78, 5) is 7.02. The van der Waals surface area contributed by atoms with Crippen molar-refractivity contribution in [3.8, 4) is 12.1 Å². The van der Waals surface area contributed by atoms with Gasteiger partial charge in [0.05, 0.1) is 29.7 Å². The maximum atomic E-state index is 11.8. The number of rotatable bonds is 11. The Balaban J connectivity index is 1.82. The molecule has 198 valence electrons. The molecular formula is C26H34N6O3S2. The van der Waals surface area contributed by atoms with Crippen molar-refractivity contribution >= 4 is 33.3 Å². The fraction of sp³-hybridized carbons (Fsp3) is 0.500. The summed E-state index contributed by atoms with van der Waals surface area (Å²) >= 11 is 1.46. The van der Waals surface area contributed by atoms with Gasteiger partial charge in [-0.2, -0.15) is 10.5 Å². The van der Waals surface area contributed by atoms with Crippen LogP contribution in [0.3, 0.4) is 0 Å². The number of nitrogens with zero attached hydrogens (tertiary/aromatic N) is 5. The number of piperidine rings is 1. The van der Waals surface area contributed by atoms with Gasteiger partial charge in [0.2, 0.25) is 10.0 Å². The van der Waals surface area contributed by atoms with Gasteiger partial charge in [0.25, 0.3) is 0 Å². The summed E-state index contributed by atoms with van der Waals surface area (Å²) in [5, 5.41) is 24.1. The van der Waals surface area contributed by atoms with Gasteiger partial charge in [-0.05, 0) is 42.5 Å². The summed E-state index contributed by atoms with van der Waals surface area (Å²) in [6.07, 6.45) is 3.61. The largest absolute Gasteiger partial charge is 0.383 e. The number of sulfonamides is 1. The van der Waals surface area contributed by atoms with Crippen LogP contribution in [0.2, 0.25) is 0 Å². The molecule has 2 heterocycles. The first-order valence-electron chi connectivity index (χ1n) is 12.2. The van der Waals surface area contributed by atoms with Gasteiger partial charge in [-0.3, -0.25) is 4.31 Å². The van der Waals surface area contributed by atoms with E-state index in [1.54, 1.807) is 19.2 Å². The predicted octanol–water partition coefficient (Wildman–Crippen LogP) is 3.28. The lowest BCUT2D eigenvalue weighted by Crippen LogP contribution is -2.44. The lowest BCUT2D eigenvalue weighted by molar-refractivity contribution is 0.193. The Bertz CT molecular complexity index is 1260. The number of benzene rings is 1. The van der Waals surface area contributed by atoms with Crippen molar-refractivity contribution in [2.24, 2.45) is 0 Å². The minimum atomic E-state index is -3.33. The molecule has 1 N–H and O–H groups in total. The molecule has 0 spiro atoms. The van der Waals surface area contributed by atoms with Gasteiger partial charge < -0.3 is 15.0 Å². The lowest BCUT2D eigenvalue weighted by Gasteiger charge is -2.34. The minimum Gasteiger partial charge on any atom is -0.383 e. The van der Waals surface area contributed by atoms with Crippen LogP contribution < -0.4 is 14.5 Å². The smallest absolute Gasteiger partial charge is 0.231 e. The molecular weight excluding hydrogens is 508 g/mol. The third-order valence-electron chi connectivity index (χ3n) is 6.53. The van der Waals surface area contributed by atoms with Gasteiger partial charge in [0.15, 0.2) is 0 Å². The highest BCUT2D eigenvalue weighted by Crippen LogP contribution is 2.34. The molecule has 2 aromatic rings. The molecule has 0 aliphatic carbocycles. The molecule has 0 radical (unpaired) electrons. The monoisotopic (exact) mass is 542 g/mol. The van der Waals surface area contributed by atoms with E-state index in [0.29, 0.717) is 52.5 Å². The summed E-state index contributed by atoms with van der Waals surface area (Å²) in [5.41, 5.74) is 3.25. The Morgan fingerprint density at radius 1 is 1.19 bits per heavy atom. The average Bonchev–Trinajstić information content (AvgIpc) is 2.90. The van der Waals surface area contributed by atoms with Gasteiger partial charge in [-0.15, -0.1) is 11.8 Å². The molecule has 0 saturated carbocycles. The van der Waals surface area contributed by atoms with Crippen molar-refractivity contribution in [3.63, 3.8) is 0 Å². The lowest BCUT2D eigenvalue weighted by atomic mass is 10.00. The molecule has 1 aromatic heterocycles. The molecule has 37 heavy (non-hydrogen) atoms. The van der Waals surface area contributed by atoms with Gasteiger partial charge in [0.1, 0.15) is 23.0 Å². The molecule has 1 aromatic carbocycles. The first-order valence-corrected chi connectivity index (χ1v) is 15.1. The number of nitriles is 2. The van der Waals surface area contributed by atoms with Crippen LogP contribution in [0.15, 0.2) is 29.3 Å².